The van der Waals surface area contributed by atoms with Gasteiger partial charge in [-0.2, -0.15) is 0 Å². The minimum atomic E-state index is -0.984. The monoisotopic (exact) mass is 555 g/mol. The zero-order valence-electron chi connectivity index (χ0n) is 23.4. The molecule has 0 bridgehead atoms. The summed E-state index contributed by atoms with van der Waals surface area (Å²) in [6, 6.07) is 11.2. The number of piperidine rings is 1. The second kappa shape index (κ2) is 10.6. The van der Waals surface area contributed by atoms with Crippen LogP contribution in [0.1, 0.15) is 73.0 Å². The van der Waals surface area contributed by atoms with Gasteiger partial charge in [0.2, 0.25) is 0 Å². The molecule has 8 heteroatoms. The molecule has 2 aliphatic carbocycles. The molecule has 0 amide bonds. The SMILES string of the molecule is Cc1cc(CN(Cc2cn(C3CC3)c3cc(F)c(F)cc3c2=O)[C@H]2CCCN(c3ccc(C4CC4)nc3)C2)ccn1. The lowest BCUT2D eigenvalue weighted by Crippen LogP contribution is -2.48. The first-order valence-electron chi connectivity index (χ1n) is 14.8. The highest BCUT2D eigenvalue weighted by molar-refractivity contribution is 5.80. The van der Waals surface area contributed by atoms with Crippen LogP contribution < -0.4 is 10.3 Å². The number of hydrogen-bond donors (Lipinski definition) is 0. The summed E-state index contributed by atoms with van der Waals surface area (Å²) in [5.41, 5.74) is 5.29. The quantitative estimate of drug-likeness (QED) is 0.257. The minimum absolute atomic E-state index is 0.203. The van der Waals surface area contributed by atoms with Crippen LogP contribution in [0.5, 0.6) is 0 Å². The maximum Gasteiger partial charge on any atom is 0.193 e. The van der Waals surface area contributed by atoms with Crippen LogP contribution >= 0.6 is 0 Å². The van der Waals surface area contributed by atoms with Crippen molar-refractivity contribution in [2.24, 2.45) is 0 Å². The molecular formula is C33H35F2N5O. The normalized spacial score (nSPS) is 19.3. The van der Waals surface area contributed by atoms with E-state index in [-0.39, 0.29) is 22.9 Å². The van der Waals surface area contributed by atoms with Crippen molar-refractivity contribution < 1.29 is 8.78 Å². The van der Waals surface area contributed by atoms with E-state index in [0.29, 0.717) is 30.1 Å². The Morgan fingerprint density at radius 1 is 0.976 bits per heavy atom. The number of aryl methyl sites for hydroxylation is 1. The molecule has 7 rings (SSSR count). The van der Waals surface area contributed by atoms with Crippen LogP contribution in [0.25, 0.3) is 10.9 Å². The van der Waals surface area contributed by atoms with Crippen LogP contribution in [0.3, 0.4) is 0 Å². The molecule has 3 aromatic heterocycles. The Labute approximate surface area is 238 Å². The van der Waals surface area contributed by atoms with Gasteiger partial charge in [0.15, 0.2) is 17.1 Å². The van der Waals surface area contributed by atoms with E-state index < -0.39 is 11.6 Å². The van der Waals surface area contributed by atoms with E-state index >= 15 is 0 Å². The fraction of sp³-hybridized carbons (Fsp3) is 0.424. The summed E-state index contributed by atoms with van der Waals surface area (Å²) in [4.78, 5) is 27.6. The van der Waals surface area contributed by atoms with E-state index in [0.717, 1.165) is 61.8 Å². The van der Waals surface area contributed by atoms with Gasteiger partial charge in [-0.25, -0.2) is 8.78 Å². The lowest BCUT2D eigenvalue weighted by Gasteiger charge is -2.40. The highest BCUT2D eigenvalue weighted by atomic mass is 19.2. The van der Waals surface area contributed by atoms with Crippen molar-refractivity contribution in [1.29, 1.82) is 0 Å². The van der Waals surface area contributed by atoms with Crippen molar-refractivity contribution in [3.63, 3.8) is 0 Å². The topological polar surface area (TPSA) is 54.3 Å². The largest absolute Gasteiger partial charge is 0.369 e. The molecule has 4 heterocycles. The van der Waals surface area contributed by atoms with Gasteiger partial charge in [-0.05, 0) is 81.3 Å². The van der Waals surface area contributed by atoms with Crippen LogP contribution in [-0.2, 0) is 13.1 Å². The third-order valence-electron chi connectivity index (χ3n) is 8.85. The van der Waals surface area contributed by atoms with Crippen molar-refractivity contribution in [2.75, 3.05) is 18.0 Å². The molecule has 1 saturated heterocycles. The molecule has 3 aliphatic rings. The zero-order chi connectivity index (χ0) is 28.1. The van der Waals surface area contributed by atoms with Crippen LogP contribution in [0.2, 0.25) is 0 Å². The Morgan fingerprint density at radius 2 is 1.80 bits per heavy atom. The molecule has 1 atom stereocenters. The van der Waals surface area contributed by atoms with E-state index in [1.165, 1.54) is 24.6 Å². The molecule has 0 unspecified atom stereocenters. The fourth-order valence-corrected chi connectivity index (χ4v) is 6.33. The first-order chi connectivity index (χ1) is 19.9. The second-order valence-electron chi connectivity index (χ2n) is 12.1. The molecule has 1 aliphatic heterocycles. The summed E-state index contributed by atoms with van der Waals surface area (Å²) >= 11 is 0. The minimum Gasteiger partial charge on any atom is -0.369 e. The van der Waals surface area contributed by atoms with E-state index in [1.54, 1.807) is 0 Å². The van der Waals surface area contributed by atoms with Gasteiger partial charge >= 0.3 is 0 Å². The average Bonchev–Trinajstić information content (AvgIpc) is 3.90. The van der Waals surface area contributed by atoms with Crippen molar-refractivity contribution in [2.45, 2.75) is 76.5 Å². The van der Waals surface area contributed by atoms with Gasteiger partial charge in [0.25, 0.3) is 0 Å². The summed E-state index contributed by atoms with van der Waals surface area (Å²) in [7, 11) is 0. The summed E-state index contributed by atoms with van der Waals surface area (Å²) < 4.78 is 30.5. The van der Waals surface area contributed by atoms with Gasteiger partial charge in [0.1, 0.15) is 0 Å². The van der Waals surface area contributed by atoms with Crippen LogP contribution in [0.15, 0.2) is 59.8 Å². The predicted octanol–water partition coefficient (Wildman–Crippen LogP) is 6.26. The first kappa shape index (κ1) is 26.3. The van der Waals surface area contributed by atoms with Gasteiger partial charge < -0.3 is 9.47 Å². The third kappa shape index (κ3) is 5.49. The number of rotatable bonds is 8. The van der Waals surface area contributed by atoms with Gasteiger partial charge in [-0.3, -0.25) is 19.7 Å². The summed E-state index contributed by atoms with van der Waals surface area (Å²) in [5.74, 6) is -1.28. The number of fused-ring (bicyclic) bond motifs is 1. The maximum atomic E-state index is 14.3. The Morgan fingerprint density at radius 3 is 2.54 bits per heavy atom. The van der Waals surface area contributed by atoms with E-state index in [4.69, 9.17) is 4.98 Å². The molecule has 3 fully saturated rings. The summed E-state index contributed by atoms with van der Waals surface area (Å²) in [6.45, 7) is 4.88. The zero-order valence-corrected chi connectivity index (χ0v) is 23.4. The Bertz CT molecular complexity index is 1640. The number of nitrogens with zero attached hydrogens (tertiary/aromatic N) is 5. The number of anilines is 1. The molecule has 0 N–H and O–H groups in total. The van der Waals surface area contributed by atoms with Crippen molar-refractivity contribution in [3.05, 3.63) is 99.4 Å². The van der Waals surface area contributed by atoms with Crippen LogP contribution in [-0.4, -0.2) is 38.6 Å². The van der Waals surface area contributed by atoms with Gasteiger partial charge in [0, 0.05) is 85.0 Å². The molecule has 212 valence electrons. The molecule has 0 radical (unpaired) electrons. The summed E-state index contributed by atoms with van der Waals surface area (Å²) in [5, 5.41) is 0.250. The summed E-state index contributed by atoms with van der Waals surface area (Å²) in [6.07, 6.45) is 12.2. The number of benzene rings is 1. The molecule has 41 heavy (non-hydrogen) atoms. The Hall–Kier alpha value is -3.65. The number of hydrogen-bond acceptors (Lipinski definition) is 5. The highest BCUT2D eigenvalue weighted by Gasteiger charge is 2.30. The Kier molecular flexibility index (Phi) is 6.81. The molecule has 4 aromatic rings. The average molecular weight is 556 g/mol. The fourth-order valence-electron chi connectivity index (χ4n) is 6.33. The molecule has 1 aromatic carbocycles. The van der Waals surface area contributed by atoms with Crippen LogP contribution in [0.4, 0.5) is 14.5 Å². The van der Waals surface area contributed by atoms with Crippen molar-refractivity contribution in [3.8, 4) is 0 Å². The lowest BCUT2D eigenvalue weighted by atomic mass is 10.0. The Balaban J connectivity index is 1.22. The van der Waals surface area contributed by atoms with Gasteiger partial charge in [0.05, 0.1) is 17.4 Å². The smallest absolute Gasteiger partial charge is 0.193 e. The predicted molar refractivity (Wildman–Crippen MR) is 156 cm³/mol. The van der Waals surface area contributed by atoms with Crippen LogP contribution in [0, 0.1) is 18.6 Å². The van der Waals surface area contributed by atoms with Gasteiger partial charge in [-0.15, -0.1) is 0 Å². The van der Waals surface area contributed by atoms with Crippen molar-refractivity contribution in [1.82, 2.24) is 19.4 Å². The standard InChI is InChI=1S/C33H35F2N5O/c1-21-13-22(10-11-36-21)17-39(27-3-2-12-38(20-27)26-8-9-31(37-16-26)23-4-5-23)18-24-19-40(25-6-7-25)32-15-30(35)29(34)14-28(32)33(24)41/h8-11,13-16,19,23,25,27H,2-7,12,17-18,20H2,1H3/t27-/m0/s1. The van der Waals surface area contributed by atoms with Gasteiger partial charge in [-0.1, -0.05) is 0 Å². The number of aromatic nitrogens is 3. The first-order valence-corrected chi connectivity index (χ1v) is 14.8. The lowest BCUT2D eigenvalue weighted by molar-refractivity contribution is 0.158. The second-order valence-corrected chi connectivity index (χ2v) is 12.1. The maximum absolute atomic E-state index is 14.3. The molecule has 6 nitrogen and oxygen atoms in total. The molecule has 0 spiro atoms. The molecule has 2 saturated carbocycles. The number of pyridine rings is 3. The molecular weight excluding hydrogens is 520 g/mol. The number of halogens is 2. The van der Waals surface area contributed by atoms with Crippen molar-refractivity contribution >= 4 is 16.6 Å². The van der Waals surface area contributed by atoms with E-state index in [9.17, 15) is 13.6 Å². The van der Waals surface area contributed by atoms with E-state index in [1.807, 2.05) is 36.1 Å². The van der Waals surface area contributed by atoms with E-state index in [2.05, 4.69) is 33.0 Å². The highest BCUT2D eigenvalue weighted by Crippen LogP contribution is 2.39. The third-order valence-corrected chi connectivity index (χ3v) is 8.85.